The molecule has 0 bridgehead atoms. The molecule has 3 N–H and O–H groups in total. The van der Waals surface area contributed by atoms with E-state index >= 15 is 0 Å². The van der Waals surface area contributed by atoms with Gasteiger partial charge in [0.25, 0.3) is 0 Å². The Hall–Kier alpha value is -0.680. The Morgan fingerprint density at radius 1 is 1.82 bits per heavy atom. The van der Waals surface area contributed by atoms with Gasteiger partial charge in [-0.05, 0) is 18.6 Å². The van der Waals surface area contributed by atoms with Crippen LogP contribution in [0.1, 0.15) is 6.42 Å². The maximum Gasteiger partial charge on any atom is 0.184 e. The molecule has 0 aromatic rings. The van der Waals surface area contributed by atoms with Crippen molar-refractivity contribution < 1.29 is 4.74 Å². The molecule has 5 heteroatoms. The largest absolute Gasteiger partial charge is 0.381 e. The minimum absolute atomic E-state index is 0.195. The molecule has 1 rings (SSSR count). The number of hydrogen-bond acceptors (Lipinski definition) is 3. The number of hydrazone groups is 1. The molecule has 62 valence electrons. The normalized spacial score (nSPS) is 24.2. The average Bonchev–Trinajstić information content (AvgIpc) is 2.39. The quantitative estimate of drug-likeness (QED) is 0.346. The summed E-state index contributed by atoms with van der Waals surface area (Å²) in [6.45, 7) is 1.58. The van der Waals surface area contributed by atoms with Gasteiger partial charge >= 0.3 is 0 Å². The van der Waals surface area contributed by atoms with Gasteiger partial charge in [0, 0.05) is 18.7 Å². The summed E-state index contributed by atoms with van der Waals surface area (Å²) >= 11 is 4.56. The molecule has 1 heterocycles. The maximum absolute atomic E-state index is 5.15. The Kier molecular flexibility index (Phi) is 3.25. The summed E-state index contributed by atoms with van der Waals surface area (Å²) in [5, 5.41) is 4.03. The number of nitrogens with one attached hydrogen (secondary N) is 1. The van der Waals surface area contributed by atoms with Gasteiger partial charge in [0.1, 0.15) is 0 Å². The summed E-state index contributed by atoms with van der Waals surface area (Å²) in [7, 11) is 0. The molecule has 0 aliphatic carbocycles. The van der Waals surface area contributed by atoms with Crippen LogP contribution in [-0.4, -0.2) is 24.5 Å². The lowest BCUT2D eigenvalue weighted by Gasteiger charge is -1.97. The van der Waals surface area contributed by atoms with Crippen LogP contribution in [0.5, 0.6) is 0 Å². The van der Waals surface area contributed by atoms with Gasteiger partial charge in [0.15, 0.2) is 5.11 Å². The average molecular weight is 173 g/mol. The van der Waals surface area contributed by atoms with Gasteiger partial charge in [-0.15, -0.1) is 0 Å². The zero-order chi connectivity index (χ0) is 8.10. The van der Waals surface area contributed by atoms with Gasteiger partial charge in [0.05, 0.1) is 6.61 Å². The summed E-state index contributed by atoms with van der Waals surface area (Å²) in [6, 6.07) is 0. The Morgan fingerprint density at radius 3 is 3.18 bits per heavy atom. The first-order valence-electron chi connectivity index (χ1n) is 3.45. The molecule has 0 radical (unpaired) electrons. The molecule has 0 aromatic heterocycles. The second-order valence-corrected chi connectivity index (χ2v) is 2.82. The first-order chi connectivity index (χ1) is 5.29. The highest BCUT2D eigenvalue weighted by Crippen LogP contribution is 2.08. The van der Waals surface area contributed by atoms with Crippen LogP contribution in [0.4, 0.5) is 0 Å². The van der Waals surface area contributed by atoms with E-state index in [4.69, 9.17) is 10.5 Å². The summed E-state index contributed by atoms with van der Waals surface area (Å²) in [6.07, 6.45) is 2.81. The van der Waals surface area contributed by atoms with Crippen molar-refractivity contribution in [2.24, 2.45) is 16.8 Å². The Labute approximate surface area is 70.8 Å². The minimum atomic E-state index is 0.195. The molecular weight excluding hydrogens is 162 g/mol. The van der Waals surface area contributed by atoms with Crippen LogP contribution in [0.2, 0.25) is 0 Å². The molecule has 1 aliphatic rings. The first-order valence-corrected chi connectivity index (χ1v) is 3.86. The number of ether oxygens (including phenoxy) is 1. The van der Waals surface area contributed by atoms with Gasteiger partial charge in [-0.3, -0.25) is 5.43 Å². The monoisotopic (exact) mass is 173 g/mol. The molecule has 0 saturated carbocycles. The van der Waals surface area contributed by atoms with E-state index < -0.39 is 0 Å². The Bertz CT molecular complexity index is 165. The fourth-order valence-corrected chi connectivity index (χ4v) is 0.929. The molecular formula is C6H11N3OS. The van der Waals surface area contributed by atoms with Crippen LogP contribution in [-0.2, 0) is 4.74 Å². The standard InChI is InChI=1S/C6H11N3OS/c7-6(11)9-8-3-5-1-2-10-4-5/h3,5H,1-2,4H2,(H3,7,9,11)/b8-3+. The van der Waals surface area contributed by atoms with Gasteiger partial charge in [-0.1, -0.05) is 0 Å². The predicted octanol–water partition coefficient (Wildman–Crippen LogP) is -0.158. The van der Waals surface area contributed by atoms with Crippen LogP contribution in [0.15, 0.2) is 5.10 Å². The molecule has 1 saturated heterocycles. The third-order valence-corrected chi connectivity index (χ3v) is 1.52. The summed E-state index contributed by atoms with van der Waals surface area (Å²) < 4.78 is 5.13. The third-order valence-electron chi connectivity index (χ3n) is 1.43. The van der Waals surface area contributed by atoms with Crippen molar-refractivity contribution >= 4 is 23.5 Å². The zero-order valence-corrected chi connectivity index (χ0v) is 6.93. The first kappa shape index (κ1) is 8.42. The van der Waals surface area contributed by atoms with Gasteiger partial charge < -0.3 is 10.5 Å². The van der Waals surface area contributed by atoms with Crippen molar-refractivity contribution in [3.05, 3.63) is 0 Å². The lowest BCUT2D eigenvalue weighted by molar-refractivity contribution is 0.193. The van der Waals surface area contributed by atoms with Crippen molar-refractivity contribution in [3.8, 4) is 0 Å². The summed E-state index contributed by atoms with van der Waals surface area (Å²) in [5.41, 5.74) is 7.65. The second kappa shape index (κ2) is 4.25. The summed E-state index contributed by atoms with van der Waals surface area (Å²) in [5.74, 6) is 0.414. The van der Waals surface area contributed by atoms with Crippen molar-refractivity contribution in [3.63, 3.8) is 0 Å². The zero-order valence-electron chi connectivity index (χ0n) is 6.12. The number of thiocarbonyl (C=S) groups is 1. The fourth-order valence-electron chi connectivity index (χ4n) is 0.877. The third kappa shape index (κ3) is 3.29. The summed E-state index contributed by atoms with van der Waals surface area (Å²) in [4.78, 5) is 0. The molecule has 1 unspecified atom stereocenters. The smallest absolute Gasteiger partial charge is 0.184 e. The predicted molar refractivity (Wildman–Crippen MR) is 47.3 cm³/mol. The van der Waals surface area contributed by atoms with E-state index in [9.17, 15) is 0 Å². The fraction of sp³-hybridized carbons (Fsp3) is 0.667. The van der Waals surface area contributed by atoms with Crippen LogP contribution in [0, 0.1) is 5.92 Å². The lowest BCUT2D eigenvalue weighted by Crippen LogP contribution is -2.24. The Balaban J connectivity index is 2.17. The van der Waals surface area contributed by atoms with Gasteiger partial charge in [-0.25, -0.2) is 0 Å². The SMILES string of the molecule is NC(=S)N/N=C/C1CCOC1. The van der Waals surface area contributed by atoms with E-state index in [0.717, 1.165) is 19.6 Å². The molecule has 1 fully saturated rings. The molecule has 0 spiro atoms. The van der Waals surface area contributed by atoms with Crippen molar-refractivity contribution in [1.82, 2.24) is 5.43 Å². The van der Waals surface area contributed by atoms with E-state index in [0.29, 0.717) is 5.92 Å². The number of nitrogens with zero attached hydrogens (tertiary/aromatic N) is 1. The number of rotatable bonds is 2. The van der Waals surface area contributed by atoms with Crippen LogP contribution < -0.4 is 11.2 Å². The highest BCUT2D eigenvalue weighted by atomic mass is 32.1. The van der Waals surface area contributed by atoms with Crippen LogP contribution >= 0.6 is 12.2 Å². The molecule has 11 heavy (non-hydrogen) atoms. The topological polar surface area (TPSA) is 59.6 Å². The van der Waals surface area contributed by atoms with Crippen molar-refractivity contribution in [2.45, 2.75) is 6.42 Å². The van der Waals surface area contributed by atoms with Gasteiger partial charge in [0.2, 0.25) is 0 Å². The lowest BCUT2D eigenvalue weighted by atomic mass is 10.1. The van der Waals surface area contributed by atoms with Gasteiger partial charge in [-0.2, -0.15) is 5.10 Å². The number of nitrogens with two attached hydrogens (primary N) is 1. The number of hydrogen-bond donors (Lipinski definition) is 2. The van der Waals surface area contributed by atoms with Crippen LogP contribution in [0.25, 0.3) is 0 Å². The molecule has 4 nitrogen and oxygen atoms in total. The minimum Gasteiger partial charge on any atom is -0.381 e. The van der Waals surface area contributed by atoms with E-state index in [1.54, 1.807) is 6.21 Å². The highest BCUT2D eigenvalue weighted by Gasteiger charge is 2.12. The van der Waals surface area contributed by atoms with E-state index in [2.05, 4.69) is 22.7 Å². The van der Waals surface area contributed by atoms with Crippen molar-refractivity contribution in [2.75, 3.05) is 13.2 Å². The van der Waals surface area contributed by atoms with Crippen molar-refractivity contribution in [1.29, 1.82) is 0 Å². The molecule has 1 aliphatic heterocycles. The van der Waals surface area contributed by atoms with E-state index in [1.165, 1.54) is 0 Å². The van der Waals surface area contributed by atoms with E-state index in [-0.39, 0.29) is 5.11 Å². The van der Waals surface area contributed by atoms with E-state index in [1.807, 2.05) is 0 Å². The molecule has 0 aromatic carbocycles. The highest BCUT2D eigenvalue weighted by molar-refractivity contribution is 7.80. The van der Waals surface area contributed by atoms with Crippen LogP contribution in [0.3, 0.4) is 0 Å². The Morgan fingerprint density at radius 2 is 2.64 bits per heavy atom. The maximum atomic E-state index is 5.15. The molecule has 1 atom stereocenters. The second-order valence-electron chi connectivity index (χ2n) is 2.38. The molecule has 0 amide bonds.